The van der Waals surface area contributed by atoms with Crippen molar-refractivity contribution >= 4 is 7.85 Å². The topological polar surface area (TPSA) is 0 Å². The summed E-state index contributed by atoms with van der Waals surface area (Å²) in [6, 6.07) is 4.58. The summed E-state index contributed by atoms with van der Waals surface area (Å²) in [5, 5.41) is 0. The van der Waals surface area contributed by atoms with Gasteiger partial charge in [0.15, 0.2) is 0 Å². The Bertz CT molecular complexity index is 294. The molecule has 5 heteroatoms. The largest absolute Gasteiger partial charge is 0.388 e. The van der Waals surface area contributed by atoms with Gasteiger partial charge in [-0.2, -0.15) is 13.2 Å². The Balaban J connectivity index is 3.02. The zero-order chi connectivity index (χ0) is 10.1. The summed E-state index contributed by atoms with van der Waals surface area (Å²) >= 11 is 0. The molecule has 0 aromatic heterocycles. The Morgan fingerprint density at radius 3 is 2.15 bits per heavy atom. The quantitative estimate of drug-likeness (QED) is 0.469. The molecule has 1 aromatic carbocycles. The van der Waals surface area contributed by atoms with E-state index in [2.05, 4.69) is 0 Å². The van der Waals surface area contributed by atoms with Crippen LogP contribution in [-0.2, 0) is 0 Å². The van der Waals surface area contributed by atoms with E-state index >= 15 is 0 Å². The van der Waals surface area contributed by atoms with Crippen LogP contribution in [0.4, 0.5) is 17.6 Å². The average molecular weight is 188 g/mol. The lowest BCUT2D eigenvalue weighted by Gasteiger charge is -2.16. The zero-order valence-electron chi connectivity index (χ0n) is 6.48. The summed E-state index contributed by atoms with van der Waals surface area (Å²) in [6.45, 7) is 0. The van der Waals surface area contributed by atoms with Crippen LogP contribution in [0.25, 0.3) is 0 Å². The van der Waals surface area contributed by atoms with Gasteiger partial charge in [-0.25, -0.2) is 4.39 Å². The molecule has 0 aliphatic heterocycles. The van der Waals surface area contributed by atoms with Crippen molar-refractivity contribution in [3.05, 3.63) is 35.6 Å². The summed E-state index contributed by atoms with van der Waals surface area (Å²) in [7, 11) is 4.81. The van der Waals surface area contributed by atoms with Crippen LogP contribution < -0.4 is 0 Å². The molecule has 0 amide bonds. The Kier molecular flexibility index (Phi) is 2.64. The molecule has 0 aliphatic rings. The lowest BCUT2D eigenvalue weighted by atomic mass is 9.80. The maximum absolute atomic E-state index is 12.8. The molecular weight excluding hydrogens is 183 g/mol. The van der Waals surface area contributed by atoms with Gasteiger partial charge in [0.1, 0.15) is 5.82 Å². The standard InChI is InChI=1S/C8H5BF4/c9-7(8(11,12)13)5-3-1-2-4-6(5)10/h1-4,7H. The molecule has 0 aliphatic carbocycles. The first-order valence-corrected chi connectivity index (χ1v) is 3.49. The SMILES string of the molecule is [B]C(c1ccccc1F)C(F)(F)F. The number of rotatable bonds is 1. The number of halogens is 4. The lowest BCUT2D eigenvalue weighted by molar-refractivity contribution is -0.132. The minimum atomic E-state index is -4.61. The van der Waals surface area contributed by atoms with E-state index in [-0.39, 0.29) is 0 Å². The van der Waals surface area contributed by atoms with Crippen LogP contribution in [0.3, 0.4) is 0 Å². The Hall–Kier alpha value is -0.995. The van der Waals surface area contributed by atoms with Crippen molar-refractivity contribution in [3.8, 4) is 0 Å². The van der Waals surface area contributed by atoms with Gasteiger partial charge in [0.2, 0.25) is 0 Å². The molecule has 1 rings (SSSR count). The van der Waals surface area contributed by atoms with E-state index in [1.807, 2.05) is 0 Å². The molecule has 0 fully saturated rings. The van der Waals surface area contributed by atoms with Crippen LogP contribution in [0, 0.1) is 5.82 Å². The van der Waals surface area contributed by atoms with Crippen LogP contribution in [0.5, 0.6) is 0 Å². The van der Waals surface area contributed by atoms with Crippen molar-refractivity contribution in [2.24, 2.45) is 0 Å². The first kappa shape index (κ1) is 10.1. The number of alkyl halides is 3. The fraction of sp³-hybridized carbons (Fsp3) is 0.250. The molecule has 1 atom stereocenters. The van der Waals surface area contributed by atoms with E-state index in [1.165, 1.54) is 12.1 Å². The van der Waals surface area contributed by atoms with Crippen LogP contribution in [0.15, 0.2) is 24.3 Å². The summed E-state index contributed by atoms with van der Waals surface area (Å²) in [6.07, 6.45) is -4.61. The van der Waals surface area contributed by atoms with E-state index in [0.29, 0.717) is 0 Å². The van der Waals surface area contributed by atoms with Crippen LogP contribution in [-0.4, -0.2) is 14.0 Å². The maximum Gasteiger partial charge on any atom is 0.388 e. The minimum absolute atomic E-state index is 0.532. The Labute approximate surface area is 74.0 Å². The predicted molar refractivity (Wildman–Crippen MR) is 41.0 cm³/mol. The molecule has 0 bridgehead atoms. The van der Waals surface area contributed by atoms with E-state index in [0.717, 1.165) is 12.1 Å². The molecule has 0 nitrogen and oxygen atoms in total. The number of hydrogen-bond donors (Lipinski definition) is 0. The fourth-order valence-corrected chi connectivity index (χ4v) is 0.904. The highest BCUT2D eigenvalue weighted by Crippen LogP contribution is 2.32. The smallest absolute Gasteiger partial charge is 0.207 e. The van der Waals surface area contributed by atoms with E-state index in [4.69, 9.17) is 7.85 Å². The third-order valence-electron chi connectivity index (χ3n) is 1.59. The molecule has 1 unspecified atom stereocenters. The third-order valence-corrected chi connectivity index (χ3v) is 1.59. The molecule has 0 N–H and O–H groups in total. The molecule has 68 valence electrons. The molecule has 1 aromatic rings. The number of benzene rings is 1. The van der Waals surface area contributed by atoms with Gasteiger partial charge in [-0.05, 0) is 11.6 Å². The van der Waals surface area contributed by atoms with Crippen LogP contribution in [0.1, 0.15) is 11.4 Å². The third kappa shape index (κ3) is 2.23. The summed E-state index contributed by atoms with van der Waals surface area (Å²) < 4.78 is 48.9. The van der Waals surface area contributed by atoms with Crippen molar-refractivity contribution < 1.29 is 17.6 Å². The molecule has 0 spiro atoms. The van der Waals surface area contributed by atoms with Gasteiger partial charge in [-0.15, -0.1) is 0 Å². The van der Waals surface area contributed by atoms with E-state index in [1.54, 1.807) is 0 Å². The predicted octanol–water partition coefficient (Wildman–Crippen LogP) is 2.60. The highest BCUT2D eigenvalue weighted by atomic mass is 19.4. The molecule has 0 saturated carbocycles. The van der Waals surface area contributed by atoms with Gasteiger partial charge in [0.25, 0.3) is 0 Å². The summed E-state index contributed by atoms with van der Waals surface area (Å²) in [5.41, 5.74) is -0.532. The Morgan fingerprint density at radius 1 is 1.15 bits per heavy atom. The Morgan fingerprint density at radius 2 is 1.69 bits per heavy atom. The zero-order valence-corrected chi connectivity index (χ0v) is 6.48. The molecular formula is C8H5BF4. The van der Waals surface area contributed by atoms with Crippen LogP contribution >= 0.6 is 0 Å². The normalized spacial score (nSPS) is 14.2. The molecule has 0 heterocycles. The van der Waals surface area contributed by atoms with Crippen molar-refractivity contribution in [1.29, 1.82) is 0 Å². The first-order chi connectivity index (χ1) is 5.93. The van der Waals surface area contributed by atoms with Gasteiger partial charge in [0.05, 0.1) is 7.85 Å². The summed E-state index contributed by atoms with van der Waals surface area (Å²) in [5.74, 6) is -3.19. The lowest BCUT2D eigenvalue weighted by Crippen LogP contribution is -2.21. The second-order valence-corrected chi connectivity index (χ2v) is 2.54. The van der Waals surface area contributed by atoms with Crippen LogP contribution in [0.2, 0.25) is 0 Å². The fourth-order valence-electron chi connectivity index (χ4n) is 0.904. The highest BCUT2D eigenvalue weighted by Gasteiger charge is 2.37. The second kappa shape index (κ2) is 3.40. The van der Waals surface area contributed by atoms with Crippen molar-refractivity contribution in [1.82, 2.24) is 0 Å². The monoisotopic (exact) mass is 188 g/mol. The first-order valence-electron chi connectivity index (χ1n) is 3.49. The van der Waals surface area contributed by atoms with Gasteiger partial charge < -0.3 is 0 Å². The molecule has 0 saturated heterocycles. The minimum Gasteiger partial charge on any atom is -0.207 e. The average Bonchev–Trinajstić information content (AvgIpc) is 2.02. The summed E-state index contributed by atoms with van der Waals surface area (Å²) in [4.78, 5) is 0. The second-order valence-electron chi connectivity index (χ2n) is 2.54. The van der Waals surface area contributed by atoms with Gasteiger partial charge in [0, 0.05) is 5.82 Å². The van der Waals surface area contributed by atoms with Gasteiger partial charge in [-0.3, -0.25) is 0 Å². The van der Waals surface area contributed by atoms with Crippen molar-refractivity contribution in [3.63, 3.8) is 0 Å². The maximum atomic E-state index is 12.8. The van der Waals surface area contributed by atoms with E-state index in [9.17, 15) is 17.6 Å². The van der Waals surface area contributed by atoms with Crippen molar-refractivity contribution in [2.75, 3.05) is 0 Å². The van der Waals surface area contributed by atoms with E-state index < -0.39 is 23.4 Å². The molecule has 2 radical (unpaired) electrons. The van der Waals surface area contributed by atoms with Crippen molar-refractivity contribution in [2.45, 2.75) is 12.0 Å². The number of hydrogen-bond acceptors (Lipinski definition) is 0. The molecule has 13 heavy (non-hydrogen) atoms. The van der Waals surface area contributed by atoms with Gasteiger partial charge in [-0.1, -0.05) is 18.2 Å². The van der Waals surface area contributed by atoms with Gasteiger partial charge >= 0.3 is 6.18 Å². The highest BCUT2D eigenvalue weighted by molar-refractivity contribution is 6.13.